The van der Waals surface area contributed by atoms with Gasteiger partial charge in [-0.3, -0.25) is 9.59 Å². The van der Waals surface area contributed by atoms with E-state index in [0.29, 0.717) is 0 Å². The Morgan fingerprint density at radius 3 is 2.39 bits per heavy atom. The highest BCUT2D eigenvalue weighted by molar-refractivity contribution is 5.97. The molecule has 0 bridgehead atoms. The molecule has 0 saturated carbocycles. The van der Waals surface area contributed by atoms with Crippen molar-refractivity contribution >= 4 is 17.5 Å². The molecular formula is C14H11F3N2O4. The van der Waals surface area contributed by atoms with Crippen molar-refractivity contribution in [2.24, 2.45) is 0 Å². The molecule has 1 heterocycles. The number of nitrogens with one attached hydrogen (secondary N) is 2. The van der Waals surface area contributed by atoms with Gasteiger partial charge in [0.1, 0.15) is 5.75 Å². The Morgan fingerprint density at radius 2 is 1.83 bits per heavy atom. The average molecular weight is 328 g/mol. The Balaban J connectivity index is 1.82. The lowest BCUT2D eigenvalue weighted by Crippen LogP contribution is -2.32. The zero-order valence-electron chi connectivity index (χ0n) is 11.5. The first kappa shape index (κ1) is 16.4. The molecule has 6 nitrogen and oxygen atoms in total. The first-order chi connectivity index (χ1) is 10.8. The Morgan fingerprint density at radius 1 is 1.13 bits per heavy atom. The molecule has 0 unspecified atom stereocenters. The normalized spacial score (nSPS) is 10.9. The number of carbonyl (C=O) groups excluding carboxylic acids is 2. The zero-order chi connectivity index (χ0) is 16.9. The molecule has 122 valence electrons. The number of alkyl halides is 3. The third-order valence-electron chi connectivity index (χ3n) is 2.53. The largest absolute Gasteiger partial charge is 0.573 e. The monoisotopic (exact) mass is 328 g/mol. The van der Waals surface area contributed by atoms with Crippen LogP contribution in [0.5, 0.6) is 5.75 Å². The number of anilines is 1. The van der Waals surface area contributed by atoms with Gasteiger partial charge in [0, 0.05) is 5.69 Å². The van der Waals surface area contributed by atoms with E-state index in [4.69, 9.17) is 4.42 Å². The van der Waals surface area contributed by atoms with E-state index in [9.17, 15) is 22.8 Å². The summed E-state index contributed by atoms with van der Waals surface area (Å²) in [6, 6.07) is 7.57. The number of hydrogen-bond acceptors (Lipinski definition) is 4. The van der Waals surface area contributed by atoms with E-state index in [0.717, 1.165) is 12.1 Å². The molecule has 23 heavy (non-hydrogen) atoms. The summed E-state index contributed by atoms with van der Waals surface area (Å²) in [5.41, 5.74) is 0.261. The lowest BCUT2D eigenvalue weighted by molar-refractivity contribution is -0.274. The highest BCUT2D eigenvalue weighted by Crippen LogP contribution is 2.23. The topological polar surface area (TPSA) is 80.6 Å². The highest BCUT2D eigenvalue weighted by Gasteiger charge is 2.30. The van der Waals surface area contributed by atoms with Gasteiger partial charge in [0.05, 0.1) is 12.8 Å². The van der Waals surface area contributed by atoms with Crippen molar-refractivity contribution in [2.75, 3.05) is 11.9 Å². The standard InChI is InChI=1S/C14H11F3N2O4/c15-14(16,17)23-10-5-3-9(4-6-10)19-12(20)8-18-13(21)11-2-1-7-22-11/h1-7H,8H2,(H,18,21)(H,19,20). The molecule has 0 saturated heterocycles. The van der Waals surface area contributed by atoms with Gasteiger partial charge in [0.2, 0.25) is 5.91 Å². The fourth-order valence-corrected chi connectivity index (χ4v) is 1.60. The molecule has 0 aliphatic heterocycles. The molecule has 2 amide bonds. The number of amides is 2. The van der Waals surface area contributed by atoms with Crippen molar-refractivity contribution in [2.45, 2.75) is 6.36 Å². The van der Waals surface area contributed by atoms with Crippen LogP contribution in [0.4, 0.5) is 18.9 Å². The zero-order valence-corrected chi connectivity index (χ0v) is 11.5. The van der Waals surface area contributed by atoms with Crippen molar-refractivity contribution in [3.8, 4) is 5.75 Å². The van der Waals surface area contributed by atoms with E-state index >= 15 is 0 Å². The fourth-order valence-electron chi connectivity index (χ4n) is 1.60. The van der Waals surface area contributed by atoms with Gasteiger partial charge in [0.25, 0.3) is 5.91 Å². The van der Waals surface area contributed by atoms with Crippen molar-refractivity contribution in [3.05, 3.63) is 48.4 Å². The molecule has 1 aromatic carbocycles. The lowest BCUT2D eigenvalue weighted by Gasteiger charge is -2.10. The minimum absolute atomic E-state index is 0.0615. The number of rotatable bonds is 5. The number of benzene rings is 1. The number of carbonyl (C=O) groups is 2. The van der Waals surface area contributed by atoms with Crippen LogP contribution in [0.2, 0.25) is 0 Å². The second kappa shape index (κ2) is 6.86. The lowest BCUT2D eigenvalue weighted by atomic mass is 10.3. The van der Waals surface area contributed by atoms with Gasteiger partial charge < -0.3 is 19.8 Å². The highest BCUT2D eigenvalue weighted by atomic mass is 19.4. The molecule has 0 radical (unpaired) electrons. The van der Waals surface area contributed by atoms with Crippen molar-refractivity contribution < 1.29 is 31.9 Å². The van der Waals surface area contributed by atoms with Crippen molar-refractivity contribution in [3.63, 3.8) is 0 Å². The minimum atomic E-state index is -4.78. The SMILES string of the molecule is O=C(CNC(=O)c1ccco1)Nc1ccc(OC(F)(F)F)cc1. The van der Waals surface area contributed by atoms with E-state index < -0.39 is 23.9 Å². The molecule has 2 aromatic rings. The predicted octanol–water partition coefficient (Wildman–Crippen LogP) is 2.55. The Kier molecular flexibility index (Phi) is 4.89. The number of furan rings is 1. The second-order valence-corrected chi connectivity index (χ2v) is 4.28. The van der Waals surface area contributed by atoms with Gasteiger partial charge in [-0.2, -0.15) is 0 Å². The molecule has 1 aromatic heterocycles. The molecule has 0 spiro atoms. The van der Waals surface area contributed by atoms with Crippen LogP contribution in [0, 0.1) is 0 Å². The van der Waals surface area contributed by atoms with E-state index in [2.05, 4.69) is 15.4 Å². The summed E-state index contributed by atoms with van der Waals surface area (Å²) < 4.78 is 44.6. The van der Waals surface area contributed by atoms with Crippen molar-refractivity contribution in [1.82, 2.24) is 5.32 Å². The van der Waals surface area contributed by atoms with E-state index in [-0.39, 0.29) is 18.0 Å². The van der Waals surface area contributed by atoms with Gasteiger partial charge in [-0.25, -0.2) is 0 Å². The number of halogens is 3. The van der Waals surface area contributed by atoms with Crippen LogP contribution in [0.1, 0.15) is 10.6 Å². The summed E-state index contributed by atoms with van der Waals surface area (Å²) in [7, 11) is 0. The molecular weight excluding hydrogens is 317 g/mol. The van der Waals surface area contributed by atoms with Crippen LogP contribution in [-0.4, -0.2) is 24.7 Å². The fraction of sp³-hybridized carbons (Fsp3) is 0.143. The van der Waals surface area contributed by atoms with Gasteiger partial charge in [-0.15, -0.1) is 13.2 Å². The quantitative estimate of drug-likeness (QED) is 0.884. The summed E-state index contributed by atoms with van der Waals surface area (Å²) >= 11 is 0. The molecule has 2 rings (SSSR count). The smallest absolute Gasteiger partial charge is 0.459 e. The maximum Gasteiger partial charge on any atom is 0.573 e. The maximum atomic E-state index is 12.0. The van der Waals surface area contributed by atoms with Crippen LogP contribution in [0.25, 0.3) is 0 Å². The summed E-state index contributed by atoms with van der Waals surface area (Å²) in [5.74, 6) is -1.44. The molecule has 9 heteroatoms. The average Bonchev–Trinajstić information content (AvgIpc) is 2.99. The molecule has 0 fully saturated rings. The summed E-state index contributed by atoms with van der Waals surface area (Å²) in [4.78, 5) is 23.2. The first-order valence-corrected chi connectivity index (χ1v) is 6.31. The van der Waals surface area contributed by atoms with Crippen LogP contribution in [-0.2, 0) is 4.79 Å². The van der Waals surface area contributed by atoms with Crippen LogP contribution < -0.4 is 15.4 Å². The van der Waals surface area contributed by atoms with Gasteiger partial charge in [-0.1, -0.05) is 0 Å². The van der Waals surface area contributed by atoms with E-state index in [1.807, 2.05) is 0 Å². The molecule has 0 aliphatic rings. The summed E-state index contributed by atoms with van der Waals surface area (Å²) in [5, 5.41) is 4.74. The summed E-state index contributed by atoms with van der Waals surface area (Å²) in [6.07, 6.45) is -3.46. The minimum Gasteiger partial charge on any atom is -0.459 e. The maximum absolute atomic E-state index is 12.0. The van der Waals surface area contributed by atoms with Gasteiger partial charge in [0.15, 0.2) is 5.76 Å². The molecule has 2 N–H and O–H groups in total. The summed E-state index contributed by atoms with van der Waals surface area (Å²) in [6.45, 7) is -0.319. The van der Waals surface area contributed by atoms with Crippen molar-refractivity contribution in [1.29, 1.82) is 0 Å². The Bertz CT molecular complexity index is 666. The van der Waals surface area contributed by atoms with Crippen LogP contribution >= 0.6 is 0 Å². The van der Waals surface area contributed by atoms with E-state index in [1.54, 1.807) is 0 Å². The molecule has 0 aliphatic carbocycles. The number of hydrogen-bond donors (Lipinski definition) is 2. The predicted molar refractivity (Wildman–Crippen MR) is 72.8 cm³/mol. The Hall–Kier alpha value is -2.97. The van der Waals surface area contributed by atoms with Gasteiger partial charge in [-0.05, 0) is 36.4 Å². The number of ether oxygens (including phenoxy) is 1. The van der Waals surface area contributed by atoms with Crippen LogP contribution in [0.3, 0.4) is 0 Å². The first-order valence-electron chi connectivity index (χ1n) is 6.31. The Labute approximate surface area is 128 Å². The van der Waals surface area contributed by atoms with Crippen LogP contribution in [0.15, 0.2) is 47.1 Å². The third kappa shape index (κ3) is 5.38. The van der Waals surface area contributed by atoms with E-state index in [1.165, 1.54) is 30.5 Å². The van der Waals surface area contributed by atoms with Gasteiger partial charge >= 0.3 is 6.36 Å². The molecule has 0 atom stereocenters. The third-order valence-corrected chi connectivity index (χ3v) is 2.53. The second-order valence-electron chi connectivity index (χ2n) is 4.28.